The highest BCUT2D eigenvalue weighted by Crippen LogP contribution is 2.32. The summed E-state index contributed by atoms with van der Waals surface area (Å²) >= 11 is 3.38. The van der Waals surface area contributed by atoms with E-state index in [1.807, 2.05) is 24.3 Å². The van der Waals surface area contributed by atoms with Crippen LogP contribution < -0.4 is 9.47 Å². The number of Topliss-reactive ketones (excluding diaryl/α,β-unsaturated/α-hetero) is 1. The van der Waals surface area contributed by atoms with Gasteiger partial charge in [-0.3, -0.25) is 4.79 Å². The maximum atomic E-state index is 12.1. The Bertz CT molecular complexity index is 813. The molecule has 1 aliphatic heterocycles. The molecule has 3 rings (SSSR count). The van der Waals surface area contributed by atoms with Crippen LogP contribution in [0.4, 0.5) is 0 Å². The maximum Gasteiger partial charge on any atom is 0.331 e. The van der Waals surface area contributed by atoms with E-state index in [1.165, 1.54) is 6.08 Å². The number of ether oxygens (including phenoxy) is 3. The quantitative estimate of drug-likeness (QED) is 0.444. The summed E-state index contributed by atoms with van der Waals surface area (Å²) in [6, 6.07) is 12.3. The van der Waals surface area contributed by atoms with Gasteiger partial charge in [0.1, 0.15) is 0 Å². The molecule has 0 amide bonds. The predicted molar refractivity (Wildman–Crippen MR) is 91.0 cm³/mol. The fraction of sp³-hybridized carbons (Fsp3) is 0.111. The molecule has 0 spiro atoms. The van der Waals surface area contributed by atoms with Gasteiger partial charge in [0.05, 0.1) is 0 Å². The summed E-state index contributed by atoms with van der Waals surface area (Å²) in [5.41, 5.74) is 1.25. The van der Waals surface area contributed by atoms with Crippen molar-refractivity contribution >= 4 is 33.8 Å². The number of esters is 1. The molecule has 1 heterocycles. The van der Waals surface area contributed by atoms with E-state index in [1.54, 1.807) is 24.3 Å². The molecule has 122 valence electrons. The molecule has 24 heavy (non-hydrogen) atoms. The number of hydrogen-bond acceptors (Lipinski definition) is 5. The first-order valence-electron chi connectivity index (χ1n) is 7.16. The smallest absolute Gasteiger partial charge is 0.331 e. The third kappa shape index (κ3) is 3.83. The lowest BCUT2D eigenvalue weighted by molar-refractivity contribution is -0.136. The summed E-state index contributed by atoms with van der Waals surface area (Å²) in [7, 11) is 0. The summed E-state index contributed by atoms with van der Waals surface area (Å²) < 4.78 is 16.2. The van der Waals surface area contributed by atoms with Crippen LogP contribution in [-0.4, -0.2) is 25.2 Å². The first-order valence-corrected chi connectivity index (χ1v) is 7.95. The van der Waals surface area contributed by atoms with Gasteiger partial charge in [-0.25, -0.2) is 4.79 Å². The summed E-state index contributed by atoms with van der Waals surface area (Å²) in [6.45, 7) is -0.194. The van der Waals surface area contributed by atoms with Gasteiger partial charge in [0, 0.05) is 16.1 Å². The van der Waals surface area contributed by atoms with Gasteiger partial charge in [-0.2, -0.15) is 0 Å². The molecule has 0 aromatic heterocycles. The molecule has 0 N–H and O–H groups in total. The Kier molecular flexibility index (Phi) is 4.96. The Labute approximate surface area is 147 Å². The molecule has 0 aliphatic carbocycles. The summed E-state index contributed by atoms with van der Waals surface area (Å²) in [5, 5.41) is 0. The van der Waals surface area contributed by atoms with E-state index in [2.05, 4.69) is 15.9 Å². The van der Waals surface area contributed by atoms with E-state index in [0.717, 1.165) is 10.0 Å². The summed E-state index contributed by atoms with van der Waals surface area (Å²) in [5.74, 6) is 0.219. The van der Waals surface area contributed by atoms with E-state index in [-0.39, 0.29) is 19.2 Å². The average Bonchev–Trinajstić information content (AvgIpc) is 3.06. The van der Waals surface area contributed by atoms with Crippen LogP contribution in [0.25, 0.3) is 6.08 Å². The van der Waals surface area contributed by atoms with Gasteiger partial charge in [-0.05, 0) is 35.9 Å². The standard InChI is InChI=1S/C18H13BrO5/c19-14-4-2-1-3-12(14)6-8-18(21)22-10-15(20)13-5-7-16-17(9-13)24-11-23-16/h1-9H,10-11H2/b8-6+. The molecule has 1 aliphatic rings. The number of hydrogen-bond donors (Lipinski definition) is 0. The van der Waals surface area contributed by atoms with Crippen LogP contribution in [-0.2, 0) is 9.53 Å². The minimum atomic E-state index is -0.583. The third-order valence-corrected chi connectivity index (χ3v) is 4.07. The molecule has 0 fully saturated rings. The van der Waals surface area contributed by atoms with Gasteiger partial charge >= 0.3 is 5.97 Å². The first kappa shape index (κ1) is 16.3. The normalized spacial score (nSPS) is 12.4. The van der Waals surface area contributed by atoms with E-state index < -0.39 is 5.97 Å². The van der Waals surface area contributed by atoms with Crippen molar-refractivity contribution < 1.29 is 23.8 Å². The van der Waals surface area contributed by atoms with Crippen molar-refractivity contribution in [3.63, 3.8) is 0 Å². The van der Waals surface area contributed by atoms with Crippen LogP contribution in [0.1, 0.15) is 15.9 Å². The minimum absolute atomic E-state index is 0.141. The Balaban J connectivity index is 1.56. The molecular formula is C18H13BrO5. The van der Waals surface area contributed by atoms with Gasteiger partial charge in [-0.15, -0.1) is 0 Å². The van der Waals surface area contributed by atoms with Gasteiger partial charge < -0.3 is 14.2 Å². The molecule has 0 atom stereocenters. The second kappa shape index (κ2) is 7.31. The van der Waals surface area contributed by atoms with Crippen molar-refractivity contribution in [2.75, 3.05) is 13.4 Å². The van der Waals surface area contributed by atoms with Crippen molar-refractivity contribution in [2.24, 2.45) is 0 Å². The number of halogens is 1. The van der Waals surface area contributed by atoms with Crippen LogP contribution in [0, 0.1) is 0 Å². The van der Waals surface area contributed by atoms with Crippen LogP contribution in [0.15, 0.2) is 53.0 Å². The van der Waals surface area contributed by atoms with Crippen LogP contribution in [0.5, 0.6) is 11.5 Å². The zero-order valence-corrected chi connectivity index (χ0v) is 14.1. The third-order valence-electron chi connectivity index (χ3n) is 3.34. The molecule has 0 unspecified atom stereocenters. The SMILES string of the molecule is O=C(/C=C/c1ccccc1Br)OCC(=O)c1ccc2c(c1)OCO2. The van der Waals surface area contributed by atoms with Crippen molar-refractivity contribution in [1.82, 2.24) is 0 Å². The topological polar surface area (TPSA) is 61.8 Å². The van der Waals surface area contributed by atoms with Crippen molar-refractivity contribution in [3.05, 3.63) is 64.1 Å². The maximum absolute atomic E-state index is 12.1. The van der Waals surface area contributed by atoms with Crippen LogP contribution >= 0.6 is 15.9 Å². The van der Waals surface area contributed by atoms with Crippen molar-refractivity contribution in [1.29, 1.82) is 0 Å². The highest BCUT2D eigenvalue weighted by Gasteiger charge is 2.16. The lowest BCUT2D eigenvalue weighted by Crippen LogP contribution is -2.12. The van der Waals surface area contributed by atoms with Gasteiger partial charge in [0.2, 0.25) is 6.79 Å². The first-order chi connectivity index (χ1) is 11.6. The molecular weight excluding hydrogens is 376 g/mol. The number of carbonyl (C=O) groups excluding carboxylic acids is 2. The second-order valence-corrected chi connectivity index (χ2v) is 5.81. The Morgan fingerprint density at radius 2 is 1.92 bits per heavy atom. The molecule has 2 aromatic rings. The lowest BCUT2D eigenvalue weighted by atomic mass is 10.1. The Morgan fingerprint density at radius 3 is 2.75 bits per heavy atom. The van der Waals surface area contributed by atoms with Crippen LogP contribution in [0.3, 0.4) is 0 Å². The van der Waals surface area contributed by atoms with Crippen molar-refractivity contribution in [3.8, 4) is 11.5 Å². The van der Waals surface area contributed by atoms with Gasteiger partial charge in [0.15, 0.2) is 23.9 Å². The molecule has 5 nitrogen and oxygen atoms in total. The Morgan fingerprint density at radius 1 is 1.12 bits per heavy atom. The van der Waals surface area contributed by atoms with Crippen LogP contribution in [0.2, 0.25) is 0 Å². The number of fused-ring (bicyclic) bond motifs is 1. The molecule has 0 saturated heterocycles. The molecule has 0 saturated carbocycles. The Hall–Kier alpha value is -2.60. The number of rotatable bonds is 5. The molecule has 0 radical (unpaired) electrons. The summed E-state index contributed by atoms with van der Waals surface area (Å²) in [6.07, 6.45) is 2.91. The minimum Gasteiger partial charge on any atom is -0.454 e. The highest BCUT2D eigenvalue weighted by atomic mass is 79.9. The molecule has 6 heteroatoms. The van der Waals surface area contributed by atoms with Crippen molar-refractivity contribution in [2.45, 2.75) is 0 Å². The van der Waals surface area contributed by atoms with E-state index in [4.69, 9.17) is 14.2 Å². The summed E-state index contributed by atoms with van der Waals surface area (Å²) in [4.78, 5) is 23.8. The highest BCUT2D eigenvalue weighted by molar-refractivity contribution is 9.10. The molecule has 2 aromatic carbocycles. The van der Waals surface area contributed by atoms with Gasteiger partial charge in [0.25, 0.3) is 0 Å². The number of benzene rings is 2. The number of ketones is 1. The largest absolute Gasteiger partial charge is 0.454 e. The average molecular weight is 389 g/mol. The van der Waals surface area contributed by atoms with E-state index in [0.29, 0.717) is 17.1 Å². The monoisotopic (exact) mass is 388 g/mol. The second-order valence-electron chi connectivity index (χ2n) is 4.95. The molecule has 0 bridgehead atoms. The van der Waals surface area contributed by atoms with Gasteiger partial charge in [-0.1, -0.05) is 34.1 Å². The number of carbonyl (C=O) groups is 2. The fourth-order valence-corrected chi connectivity index (χ4v) is 2.52. The fourth-order valence-electron chi connectivity index (χ4n) is 2.11. The van der Waals surface area contributed by atoms with E-state index >= 15 is 0 Å². The zero-order valence-electron chi connectivity index (χ0n) is 12.5. The predicted octanol–water partition coefficient (Wildman–Crippen LogP) is 3.62. The lowest BCUT2D eigenvalue weighted by Gasteiger charge is -2.03. The van der Waals surface area contributed by atoms with E-state index in [9.17, 15) is 9.59 Å². The zero-order chi connectivity index (χ0) is 16.9.